The fourth-order valence-corrected chi connectivity index (χ4v) is 5.72. The van der Waals surface area contributed by atoms with Gasteiger partial charge in [-0.25, -0.2) is 0 Å². The van der Waals surface area contributed by atoms with E-state index in [1.807, 2.05) is 53.7 Å². The van der Waals surface area contributed by atoms with Crippen LogP contribution in [-0.2, 0) is 0 Å². The molecular formula is C12H22FNS. The topological polar surface area (TPSA) is 15.8 Å². The molecular weight excluding hydrogens is 209 g/mol. The summed E-state index contributed by atoms with van der Waals surface area (Å²) in [4.78, 5) is 3.05. The lowest BCUT2D eigenvalue weighted by atomic mass is 10.2. The number of nitrogens with one attached hydrogen (secondary N) is 1. The van der Waals surface area contributed by atoms with Gasteiger partial charge in [0.1, 0.15) is 0 Å². The third-order valence-electron chi connectivity index (χ3n) is 2.56. The maximum Gasteiger partial charge on any atom is 0.0830 e. The molecule has 0 aromatic carbocycles. The van der Waals surface area contributed by atoms with Gasteiger partial charge in [0.2, 0.25) is 0 Å². The van der Waals surface area contributed by atoms with Gasteiger partial charge in [-0.3, -0.25) is 0 Å². The molecule has 0 spiro atoms. The van der Waals surface area contributed by atoms with Crippen LogP contribution in [0.25, 0.3) is 0 Å². The Bertz CT molecular complexity index is 302. The lowest BCUT2D eigenvalue weighted by Gasteiger charge is -2.51. The Balaban J connectivity index is 3.33. The summed E-state index contributed by atoms with van der Waals surface area (Å²) in [6, 6.07) is 3.74. The maximum atomic E-state index is 15.4. The molecule has 3 heteroatoms. The number of hydrogen-bond donors (Lipinski definition) is 1. The number of H-pyrrole nitrogens is 1. The molecule has 0 aliphatic heterocycles. The third-order valence-corrected chi connectivity index (χ3v) is 6.80. The van der Waals surface area contributed by atoms with Crippen molar-refractivity contribution in [1.82, 2.24) is 4.98 Å². The molecule has 1 heterocycles. The number of aromatic amines is 1. The zero-order chi connectivity index (χ0) is 11.9. The highest BCUT2D eigenvalue weighted by molar-refractivity contribution is 8.31. The summed E-state index contributed by atoms with van der Waals surface area (Å²) in [5, 5.41) is 0.752. The standard InChI is InChI=1S/C12H22FNS/c1-11(2,3)15(13,12(4,5)6)10-8-7-9-14-10/h7-9,14H,1-6H3. The fraction of sp³-hybridized carbons (Fsp3) is 0.667. The molecule has 0 saturated carbocycles. The van der Waals surface area contributed by atoms with Crippen molar-refractivity contribution in [3.8, 4) is 0 Å². The third kappa shape index (κ3) is 1.94. The first kappa shape index (κ1) is 12.6. The molecule has 0 fully saturated rings. The van der Waals surface area contributed by atoms with E-state index in [1.165, 1.54) is 0 Å². The predicted octanol–water partition coefficient (Wildman–Crippen LogP) is 4.66. The molecule has 1 N–H and O–H groups in total. The van der Waals surface area contributed by atoms with Gasteiger partial charge < -0.3 is 4.98 Å². The van der Waals surface area contributed by atoms with Crippen molar-refractivity contribution in [3.05, 3.63) is 18.3 Å². The second kappa shape index (κ2) is 3.55. The van der Waals surface area contributed by atoms with Gasteiger partial charge in [-0.15, -0.1) is 0 Å². The molecule has 0 amide bonds. The van der Waals surface area contributed by atoms with Gasteiger partial charge >= 0.3 is 0 Å². The van der Waals surface area contributed by atoms with Crippen molar-refractivity contribution < 1.29 is 3.89 Å². The first-order valence-electron chi connectivity index (χ1n) is 5.26. The smallest absolute Gasteiger partial charge is 0.0830 e. The lowest BCUT2D eigenvalue weighted by Crippen LogP contribution is -2.35. The maximum absolute atomic E-state index is 15.4. The molecule has 0 aliphatic carbocycles. The largest absolute Gasteiger partial charge is 0.356 e. The normalized spacial score (nSPS) is 15.4. The van der Waals surface area contributed by atoms with E-state index in [2.05, 4.69) is 4.98 Å². The van der Waals surface area contributed by atoms with Crippen molar-refractivity contribution in [2.75, 3.05) is 0 Å². The molecule has 1 nitrogen and oxygen atoms in total. The monoisotopic (exact) mass is 231 g/mol. The van der Waals surface area contributed by atoms with Crippen LogP contribution in [0.4, 0.5) is 3.89 Å². The summed E-state index contributed by atoms with van der Waals surface area (Å²) < 4.78 is 14.7. The summed E-state index contributed by atoms with van der Waals surface area (Å²) in [7, 11) is -2.36. The van der Waals surface area contributed by atoms with E-state index in [-0.39, 0.29) is 9.49 Å². The molecule has 0 atom stereocenters. The molecule has 1 aromatic rings. The molecule has 0 unspecified atom stereocenters. The minimum atomic E-state index is -2.36. The van der Waals surface area contributed by atoms with Gasteiger partial charge in [0.05, 0.1) is 5.03 Å². The van der Waals surface area contributed by atoms with E-state index in [0.717, 1.165) is 5.03 Å². The molecule has 0 bridgehead atoms. The van der Waals surface area contributed by atoms with Crippen molar-refractivity contribution in [2.45, 2.75) is 56.1 Å². The molecule has 0 saturated heterocycles. The number of hydrogen-bond acceptors (Lipinski definition) is 0. The van der Waals surface area contributed by atoms with E-state index in [0.29, 0.717) is 0 Å². The van der Waals surface area contributed by atoms with E-state index in [1.54, 1.807) is 6.20 Å². The quantitative estimate of drug-likeness (QED) is 0.723. The molecule has 1 aromatic heterocycles. The van der Waals surface area contributed by atoms with Gasteiger partial charge in [-0.1, -0.05) is 0 Å². The average Bonchev–Trinajstić information content (AvgIpc) is 2.49. The SMILES string of the molecule is CC(C)(C)S(F)(c1ccc[nH]1)C(C)(C)C. The first-order valence-corrected chi connectivity index (χ1v) is 6.79. The van der Waals surface area contributed by atoms with Crippen LogP contribution < -0.4 is 0 Å². The number of halogens is 1. The zero-order valence-electron chi connectivity index (χ0n) is 10.5. The van der Waals surface area contributed by atoms with E-state index < -0.39 is 10.4 Å². The van der Waals surface area contributed by atoms with Gasteiger partial charge in [-0.2, -0.15) is 3.89 Å². The van der Waals surface area contributed by atoms with E-state index in [9.17, 15) is 0 Å². The Morgan fingerprint density at radius 3 is 1.80 bits per heavy atom. The molecule has 1 rings (SSSR count). The number of aromatic nitrogens is 1. The van der Waals surface area contributed by atoms with Gasteiger partial charge in [0.25, 0.3) is 0 Å². The Kier molecular flexibility index (Phi) is 2.99. The van der Waals surface area contributed by atoms with Crippen LogP contribution in [0.2, 0.25) is 0 Å². The Labute approximate surface area is 94.1 Å². The molecule has 0 radical (unpaired) electrons. The van der Waals surface area contributed by atoms with Crippen molar-refractivity contribution in [3.63, 3.8) is 0 Å². The van der Waals surface area contributed by atoms with Crippen LogP contribution in [-0.4, -0.2) is 14.5 Å². The van der Waals surface area contributed by atoms with E-state index in [4.69, 9.17) is 0 Å². The van der Waals surface area contributed by atoms with Crippen LogP contribution in [0.15, 0.2) is 23.4 Å². The number of rotatable bonds is 1. The van der Waals surface area contributed by atoms with Crippen molar-refractivity contribution >= 4 is 10.4 Å². The second-order valence-electron chi connectivity index (χ2n) is 5.80. The Hall–Kier alpha value is -0.440. The minimum Gasteiger partial charge on any atom is -0.356 e. The predicted molar refractivity (Wildman–Crippen MR) is 67.3 cm³/mol. The highest BCUT2D eigenvalue weighted by Gasteiger charge is 2.48. The highest BCUT2D eigenvalue weighted by atomic mass is 32.3. The van der Waals surface area contributed by atoms with Gasteiger partial charge in [0.15, 0.2) is 0 Å². The van der Waals surface area contributed by atoms with Gasteiger partial charge in [-0.05, 0) is 64.1 Å². The van der Waals surface area contributed by atoms with Crippen LogP contribution in [0.1, 0.15) is 41.5 Å². The van der Waals surface area contributed by atoms with Crippen LogP contribution in [0.5, 0.6) is 0 Å². The van der Waals surface area contributed by atoms with E-state index >= 15 is 3.89 Å². The summed E-state index contributed by atoms with van der Waals surface area (Å²) >= 11 is 0. The fourth-order valence-electron chi connectivity index (χ4n) is 2.07. The van der Waals surface area contributed by atoms with Gasteiger partial charge in [0, 0.05) is 15.7 Å². The summed E-state index contributed by atoms with van der Waals surface area (Å²) in [6.07, 6.45) is 1.80. The lowest BCUT2D eigenvalue weighted by molar-refractivity contribution is 0.635. The first-order chi connectivity index (χ1) is 6.61. The summed E-state index contributed by atoms with van der Waals surface area (Å²) in [5.41, 5.74) is 0. The Morgan fingerprint density at radius 2 is 1.53 bits per heavy atom. The minimum absolute atomic E-state index is 0.351. The highest BCUT2D eigenvalue weighted by Crippen LogP contribution is 2.73. The average molecular weight is 231 g/mol. The van der Waals surface area contributed by atoms with Crippen molar-refractivity contribution in [2.24, 2.45) is 0 Å². The Morgan fingerprint density at radius 1 is 1.07 bits per heavy atom. The second-order valence-corrected chi connectivity index (χ2v) is 9.76. The summed E-state index contributed by atoms with van der Waals surface area (Å²) in [5.74, 6) is 0. The van der Waals surface area contributed by atoms with Crippen LogP contribution in [0, 0.1) is 0 Å². The molecule has 88 valence electrons. The van der Waals surface area contributed by atoms with Crippen LogP contribution >= 0.6 is 10.4 Å². The molecule has 0 aliphatic rings. The zero-order valence-corrected chi connectivity index (χ0v) is 11.3. The van der Waals surface area contributed by atoms with Crippen molar-refractivity contribution in [1.29, 1.82) is 0 Å². The van der Waals surface area contributed by atoms with Crippen LogP contribution in [0.3, 0.4) is 0 Å². The molecule has 15 heavy (non-hydrogen) atoms. The summed E-state index contributed by atoms with van der Waals surface area (Å²) in [6.45, 7) is 11.9.